The van der Waals surface area contributed by atoms with Gasteiger partial charge in [0.15, 0.2) is 11.9 Å². The molecule has 0 aliphatic rings. The normalized spacial score (nSPS) is 12.2. The Kier molecular flexibility index (Phi) is 6.90. The molecule has 0 unspecified atom stereocenters. The SMILES string of the molecule is CCOC(=O)[C@@H](C)Oc1ccc(C=Nn2c(-c3cc4c(OC)cccc4o3)nc3ccccc3c2=O)cc1. The molecule has 2 aromatic heterocycles. The molecular formula is C29H25N3O6. The monoisotopic (exact) mass is 511 g/mol. The molecule has 3 aromatic carbocycles. The molecule has 2 heterocycles. The largest absolute Gasteiger partial charge is 0.496 e. The van der Waals surface area contributed by atoms with Gasteiger partial charge >= 0.3 is 5.97 Å². The summed E-state index contributed by atoms with van der Waals surface area (Å²) < 4.78 is 23.3. The molecule has 0 radical (unpaired) electrons. The molecule has 0 bridgehead atoms. The number of carbonyl (C=O) groups is 1. The Morgan fingerprint density at radius 2 is 1.87 bits per heavy atom. The number of esters is 1. The van der Waals surface area contributed by atoms with Crippen molar-refractivity contribution < 1.29 is 23.4 Å². The van der Waals surface area contributed by atoms with Gasteiger partial charge in [0.25, 0.3) is 5.56 Å². The van der Waals surface area contributed by atoms with Gasteiger partial charge in [0.1, 0.15) is 17.1 Å². The maximum atomic E-state index is 13.5. The van der Waals surface area contributed by atoms with Crippen LogP contribution in [0.15, 0.2) is 87.1 Å². The van der Waals surface area contributed by atoms with Gasteiger partial charge in [-0.2, -0.15) is 9.78 Å². The van der Waals surface area contributed by atoms with Crippen molar-refractivity contribution in [3.63, 3.8) is 0 Å². The van der Waals surface area contributed by atoms with Crippen LogP contribution in [0, 0.1) is 0 Å². The fourth-order valence-corrected chi connectivity index (χ4v) is 3.98. The fraction of sp³-hybridized carbons (Fsp3) is 0.172. The Labute approximate surface area is 217 Å². The molecule has 0 amide bonds. The maximum Gasteiger partial charge on any atom is 0.347 e. The molecule has 192 valence electrons. The third kappa shape index (κ3) is 4.86. The maximum absolute atomic E-state index is 13.5. The molecule has 0 saturated carbocycles. The van der Waals surface area contributed by atoms with Gasteiger partial charge in [0.05, 0.1) is 36.2 Å². The highest BCUT2D eigenvalue weighted by atomic mass is 16.6. The Bertz CT molecular complexity index is 1700. The van der Waals surface area contributed by atoms with Gasteiger partial charge in [-0.3, -0.25) is 4.79 Å². The highest BCUT2D eigenvalue weighted by Gasteiger charge is 2.18. The quantitative estimate of drug-likeness (QED) is 0.212. The second kappa shape index (κ2) is 10.6. The highest BCUT2D eigenvalue weighted by Crippen LogP contribution is 2.32. The van der Waals surface area contributed by atoms with Crippen molar-refractivity contribution in [2.75, 3.05) is 13.7 Å². The number of ether oxygens (including phenoxy) is 3. The van der Waals surface area contributed by atoms with E-state index in [0.717, 1.165) is 5.39 Å². The first-order valence-corrected chi connectivity index (χ1v) is 12.0. The minimum Gasteiger partial charge on any atom is -0.496 e. The van der Waals surface area contributed by atoms with E-state index in [1.165, 1.54) is 4.68 Å². The summed E-state index contributed by atoms with van der Waals surface area (Å²) in [4.78, 5) is 30.0. The summed E-state index contributed by atoms with van der Waals surface area (Å²) in [5, 5.41) is 5.66. The van der Waals surface area contributed by atoms with E-state index in [1.54, 1.807) is 75.7 Å². The number of hydrogen-bond acceptors (Lipinski definition) is 8. The predicted molar refractivity (Wildman–Crippen MR) is 144 cm³/mol. The lowest BCUT2D eigenvalue weighted by Crippen LogP contribution is -2.26. The van der Waals surface area contributed by atoms with Crippen molar-refractivity contribution in [2.24, 2.45) is 5.10 Å². The van der Waals surface area contributed by atoms with Crippen molar-refractivity contribution in [3.05, 3.63) is 88.7 Å². The van der Waals surface area contributed by atoms with Crippen molar-refractivity contribution in [3.8, 4) is 23.1 Å². The highest BCUT2D eigenvalue weighted by molar-refractivity contribution is 5.88. The van der Waals surface area contributed by atoms with E-state index < -0.39 is 12.1 Å². The molecule has 0 spiro atoms. The molecule has 38 heavy (non-hydrogen) atoms. The van der Waals surface area contributed by atoms with Crippen molar-refractivity contribution in [1.82, 2.24) is 9.66 Å². The molecular weight excluding hydrogens is 486 g/mol. The topological polar surface area (TPSA) is 105 Å². The molecule has 0 fully saturated rings. The minimum absolute atomic E-state index is 0.256. The standard InChI is InChI=1S/C29H25N3O6/c1-4-36-29(34)18(2)37-20-14-12-19(13-15-20)17-30-32-27(31-23-9-6-5-8-21(23)28(32)33)26-16-22-24(35-3)10-7-11-25(22)38-26/h5-18H,4H2,1-3H3/t18-/m1/s1. The average molecular weight is 512 g/mol. The molecule has 9 heteroatoms. The minimum atomic E-state index is -0.735. The van der Waals surface area contributed by atoms with Crippen LogP contribution in [0.5, 0.6) is 11.5 Å². The Balaban J connectivity index is 1.52. The molecule has 0 aliphatic heterocycles. The number of benzene rings is 3. The van der Waals surface area contributed by atoms with Crippen LogP contribution in [-0.4, -0.2) is 41.7 Å². The van der Waals surface area contributed by atoms with Gasteiger partial charge in [-0.25, -0.2) is 9.78 Å². The van der Waals surface area contributed by atoms with Crippen LogP contribution < -0.4 is 15.0 Å². The van der Waals surface area contributed by atoms with Crippen LogP contribution in [0.3, 0.4) is 0 Å². The summed E-state index contributed by atoms with van der Waals surface area (Å²) in [6, 6.07) is 21.3. The van der Waals surface area contributed by atoms with E-state index in [-0.39, 0.29) is 18.0 Å². The van der Waals surface area contributed by atoms with E-state index in [1.807, 2.05) is 24.3 Å². The zero-order chi connectivity index (χ0) is 26.6. The summed E-state index contributed by atoms with van der Waals surface area (Å²) in [5.74, 6) is 1.35. The Morgan fingerprint density at radius 1 is 1.08 bits per heavy atom. The van der Waals surface area contributed by atoms with Crippen LogP contribution in [-0.2, 0) is 9.53 Å². The van der Waals surface area contributed by atoms with E-state index in [4.69, 9.17) is 23.6 Å². The number of aromatic nitrogens is 2. The lowest BCUT2D eigenvalue weighted by Gasteiger charge is -2.13. The first kappa shape index (κ1) is 24.8. The number of nitrogens with zero attached hydrogens (tertiary/aromatic N) is 3. The van der Waals surface area contributed by atoms with Gasteiger partial charge in [-0.1, -0.05) is 18.2 Å². The fourth-order valence-electron chi connectivity index (χ4n) is 3.98. The second-order valence-corrected chi connectivity index (χ2v) is 8.38. The molecule has 0 N–H and O–H groups in total. The van der Waals surface area contributed by atoms with Crippen molar-refractivity contribution in [2.45, 2.75) is 20.0 Å². The Hall–Kier alpha value is -4.92. The molecule has 0 saturated heterocycles. The first-order valence-electron chi connectivity index (χ1n) is 12.0. The lowest BCUT2D eigenvalue weighted by atomic mass is 10.2. The average Bonchev–Trinajstić information content (AvgIpc) is 3.38. The van der Waals surface area contributed by atoms with Gasteiger partial charge in [-0.15, -0.1) is 0 Å². The summed E-state index contributed by atoms with van der Waals surface area (Å²) >= 11 is 0. The lowest BCUT2D eigenvalue weighted by molar-refractivity contribution is -0.150. The van der Waals surface area contributed by atoms with Gasteiger partial charge in [0.2, 0.25) is 5.82 Å². The van der Waals surface area contributed by atoms with Crippen molar-refractivity contribution in [1.29, 1.82) is 0 Å². The molecule has 1 atom stereocenters. The van der Waals surface area contributed by atoms with Gasteiger partial charge < -0.3 is 18.6 Å². The predicted octanol–water partition coefficient (Wildman–Crippen LogP) is 5.03. The number of rotatable bonds is 8. The molecule has 9 nitrogen and oxygen atoms in total. The van der Waals surface area contributed by atoms with E-state index >= 15 is 0 Å². The van der Waals surface area contributed by atoms with Crippen LogP contribution in [0.4, 0.5) is 0 Å². The molecule has 0 aliphatic carbocycles. The second-order valence-electron chi connectivity index (χ2n) is 8.38. The van der Waals surface area contributed by atoms with Crippen LogP contribution in [0.1, 0.15) is 19.4 Å². The number of hydrogen-bond donors (Lipinski definition) is 0. The molecule has 5 rings (SSSR count). The van der Waals surface area contributed by atoms with E-state index in [2.05, 4.69) is 5.10 Å². The molecule has 5 aromatic rings. The summed E-state index contributed by atoms with van der Waals surface area (Å²) in [7, 11) is 1.59. The Morgan fingerprint density at radius 3 is 2.63 bits per heavy atom. The third-order valence-corrected chi connectivity index (χ3v) is 5.85. The zero-order valence-electron chi connectivity index (χ0n) is 21.1. The number of para-hydroxylation sites is 1. The zero-order valence-corrected chi connectivity index (χ0v) is 21.1. The van der Waals surface area contributed by atoms with Gasteiger partial charge in [0, 0.05) is 0 Å². The number of furan rings is 1. The third-order valence-electron chi connectivity index (χ3n) is 5.85. The van der Waals surface area contributed by atoms with Crippen LogP contribution in [0.2, 0.25) is 0 Å². The first-order chi connectivity index (χ1) is 18.5. The summed E-state index contributed by atoms with van der Waals surface area (Å²) in [6.07, 6.45) is 0.810. The number of carbonyl (C=O) groups excluding carboxylic acids is 1. The van der Waals surface area contributed by atoms with Crippen LogP contribution in [0.25, 0.3) is 33.5 Å². The number of fused-ring (bicyclic) bond motifs is 2. The van der Waals surface area contributed by atoms with Crippen molar-refractivity contribution >= 4 is 34.1 Å². The smallest absolute Gasteiger partial charge is 0.347 e. The summed E-state index contributed by atoms with van der Waals surface area (Å²) in [6.45, 7) is 3.65. The summed E-state index contributed by atoms with van der Waals surface area (Å²) in [5.41, 5.74) is 1.50. The van der Waals surface area contributed by atoms with Crippen LogP contribution >= 0.6 is 0 Å². The number of methoxy groups -OCH3 is 1. The van der Waals surface area contributed by atoms with E-state index in [9.17, 15) is 9.59 Å². The van der Waals surface area contributed by atoms with E-state index in [0.29, 0.717) is 39.3 Å². The van der Waals surface area contributed by atoms with Gasteiger partial charge in [-0.05, 0) is 74.0 Å².